The molecular weight excluding hydrogens is 350 g/mol. The van der Waals surface area contributed by atoms with Gasteiger partial charge in [-0.1, -0.05) is 0 Å². The molecule has 1 atom stereocenters. The highest BCUT2D eigenvalue weighted by Crippen LogP contribution is 2.23. The van der Waals surface area contributed by atoms with Crippen LogP contribution in [-0.4, -0.2) is 56.6 Å². The standard InChI is InChI=1S/C18H23N5O4/c1-12-13(2)21-11-23(18(12)25)10-15(24)22-8-4-5-14(9-22)27-17-16(26-3)19-6-7-20-17/h6-7,11,14H,4-5,8-10H2,1-3H3/t14-/m1/s1. The van der Waals surface area contributed by atoms with Crippen molar-refractivity contribution >= 4 is 5.91 Å². The van der Waals surface area contributed by atoms with Gasteiger partial charge in [-0.25, -0.2) is 15.0 Å². The lowest BCUT2D eigenvalue weighted by atomic mass is 10.1. The van der Waals surface area contributed by atoms with Crippen LogP contribution in [0.3, 0.4) is 0 Å². The predicted molar refractivity (Wildman–Crippen MR) is 96.8 cm³/mol. The number of aryl methyl sites for hydroxylation is 1. The number of ether oxygens (including phenoxy) is 2. The van der Waals surface area contributed by atoms with E-state index in [1.165, 1.54) is 30.4 Å². The number of nitrogens with zero attached hydrogens (tertiary/aromatic N) is 5. The molecule has 1 aliphatic heterocycles. The van der Waals surface area contributed by atoms with Crippen molar-refractivity contribution in [2.24, 2.45) is 0 Å². The Morgan fingerprint density at radius 1 is 1.22 bits per heavy atom. The largest absolute Gasteiger partial charge is 0.477 e. The van der Waals surface area contributed by atoms with Gasteiger partial charge < -0.3 is 14.4 Å². The summed E-state index contributed by atoms with van der Waals surface area (Å²) in [6.45, 7) is 4.50. The van der Waals surface area contributed by atoms with Crippen LogP contribution >= 0.6 is 0 Å². The van der Waals surface area contributed by atoms with Gasteiger partial charge in [0.05, 0.1) is 20.0 Å². The third kappa shape index (κ3) is 4.24. The van der Waals surface area contributed by atoms with Gasteiger partial charge >= 0.3 is 0 Å². The maximum Gasteiger partial charge on any atom is 0.278 e. The second-order valence-corrected chi connectivity index (χ2v) is 6.48. The molecule has 3 heterocycles. The Hall–Kier alpha value is -2.97. The van der Waals surface area contributed by atoms with Crippen LogP contribution in [0.1, 0.15) is 24.1 Å². The molecule has 1 aliphatic rings. The van der Waals surface area contributed by atoms with Crippen LogP contribution in [0, 0.1) is 13.8 Å². The maximum atomic E-state index is 12.7. The Kier molecular flexibility index (Phi) is 5.68. The Bertz CT molecular complexity index is 882. The fraction of sp³-hybridized carbons (Fsp3) is 0.500. The number of carbonyl (C=O) groups excluding carboxylic acids is 1. The minimum Gasteiger partial charge on any atom is -0.477 e. The van der Waals surface area contributed by atoms with Crippen LogP contribution in [0.2, 0.25) is 0 Å². The quantitative estimate of drug-likeness (QED) is 0.762. The minimum absolute atomic E-state index is 0.0336. The fourth-order valence-electron chi connectivity index (χ4n) is 2.99. The summed E-state index contributed by atoms with van der Waals surface area (Å²) in [6.07, 6.45) is 5.88. The Labute approximate surface area is 157 Å². The van der Waals surface area contributed by atoms with E-state index in [4.69, 9.17) is 9.47 Å². The fourth-order valence-corrected chi connectivity index (χ4v) is 2.99. The molecule has 9 nitrogen and oxygen atoms in total. The van der Waals surface area contributed by atoms with Gasteiger partial charge in [-0.05, 0) is 26.7 Å². The molecule has 2 aromatic heterocycles. The molecule has 27 heavy (non-hydrogen) atoms. The first-order valence-electron chi connectivity index (χ1n) is 8.81. The van der Waals surface area contributed by atoms with Crippen LogP contribution in [0.5, 0.6) is 11.8 Å². The van der Waals surface area contributed by atoms with Gasteiger partial charge in [0.25, 0.3) is 17.3 Å². The molecule has 1 fully saturated rings. The lowest BCUT2D eigenvalue weighted by Crippen LogP contribution is -2.46. The van der Waals surface area contributed by atoms with Crippen molar-refractivity contribution in [3.05, 3.63) is 40.3 Å². The van der Waals surface area contributed by atoms with E-state index in [0.29, 0.717) is 36.1 Å². The summed E-state index contributed by atoms with van der Waals surface area (Å²) in [7, 11) is 1.50. The zero-order valence-electron chi connectivity index (χ0n) is 15.7. The summed E-state index contributed by atoms with van der Waals surface area (Å²) in [6, 6.07) is 0. The van der Waals surface area contributed by atoms with E-state index in [9.17, 15) is 9.59 Å². The number of hydrogen-bond donors (Lipinski definition) is 0. The third-order valence-electron chi connectivity index (χ3n) is 4.66. The number of hydrogen-bond acceptors (Lipinski definition) is 7. The molecular formula is C18H23N5O4. The number of amides is 1. The summed E-state index contributed by atoms with van der Waals surface area (Å²) in [5, 5.41) is 0. The molecule has 1 saturated heterocycles. The number of aromatic nitrogens is 4. The topological polar surface area (TPSA) is 99.4 Å². The second-order valence-electron chi connectivity index (χ2n) is 6.48. The van der Waals surface area contributed by atoms with Crippen LogP contribution in [0.4, 0.5) is 0 Å². The zero-order chi connectivity index (χ0) is 19.4. The van der Waals surface area contributed by atoms with E-state index in [0.717, 1.165) is 12.8 Å². The second kappa shape index (κ2) is 8.15. The molecule has 0 aromatic carbocycles. The summed E-state index contributed by atoms with van der Waals surface area (Å²) in [5.41, 5.74) is 1.04. The van der Waals surface area contributed by atoms with Crippen LogP contribution < -0.4 is 15.0 Å². The summed E-state index contributed by atoms with van der Waals surface area (Å²) < 4.78 is 12.4. The van der Waals surface area contributed by atoms with Crippen molar-refractivity contribution in [1.29, 1.82) is 0 Å². The average molecular weight is 373 g/mol. The van der Waals surface area contributed by atoms with E-state index in [2.05, 4.69) is 15.0 Å². The zero-order valence-corrected chi connectivity index (χ0v) is 15.7. The van der Waals surface area contributed by atoms with Crippen molar-refractivity contribution < 1.29 is 14.3 Å². The Morgan fingerprint density at radius 2 is 1.96 bits per heavy atom. The highest BCUT2D eigenvalue weighted by molar-refractivity contribution is 5.76. The van der Waals surface area contributed by atoms with Gasteiger partial charge in [0.15, 0.2) is 0 Å². The number of carbonyl (C=O) groups is 1. The highest BCUT2D eigenvalue weighted by atomic mass is 16.5. The molecule has 0 spiro atoms. The minimum atomic E-state index is -0.206. The van der Waals surface area contributed by atoms with E-state index in [1.54, 1.807) is 18.7 Å². The average Bonchev–Trinajstić information content (AvgIpc) is 2.69. The van der Waals surface area contributed by atoms with Gasteiger partial charge in [0.1, 0.15) is 12.6 Å². The van der Waals surface area contributed by atoms with Crippen molar-refractivity contribution in [2.75, 3.05) is 20.2 Å². The van der Waals surface area contributed by atoms with Gasteiger partial charge in [-0.15, -0.1) is 0 Å². The van der Waals surface area contributed by atoms with E-state index < -0.39 is 0 Å². The van der Waals surface area contributed by atoms with Crippen LogP contribution in [-0.2, 0) is 11.3 Å². The molecule has 0 bridgehead atoms. The molecule has 2 aromatic rings. The molecule has 0 radical (unpaired) electrons. The van der Waals surface area contributed by atoms with Crippen molar-refractivity contribution in [3.8, 4) is 11.8 Å². The molecule has 1 amide bonds. The number of likely N-dealkylation sites (tertiary alicyclic amines) is 1. The van der Waals surface area contributed by atoms with Crippen molar-refractivity contribution in [2.45, 2.75) is 39.3 Å². The van der Waals surface area contributed by atoms with Gasteiger partial charge in [-0.2, -0.15) is 0 Å². The van der Waals surface area contributed by atoms with Crippen molar-refractivity contribution in [1.82, 2.24) is 24.4 Å². The third-order valence-corrected chi connectivity index (χ3v) is 4.66. The SMILES string of the molecule is COc1nccnc1O[C@@H]1CCCN(C(=O)Cn2cnc(C)c(C)c2=O)C1. The van der Waals surface area contributed by atoms with E-state index in [-0.39, 0.29) is 24.1 Å². The van der Waals surface area contributed by atoms with Crippen molar-refractivity contribution in [3.63, 3.8) is 0 Å². The molecule has 0 unspecified atom stereocenters. The Balaban J connectivity index is 1.66. The molecule has 9 heteroatoms. The molecule has 0 saturated carbocycles. The molecule has 0 N–H and O–H groups in total. The lowest BCUT2D eigenvalue weighted by molar-refractivity contribution is -0.134. The van der Waals surface area contributed by atoms with Gasteiger partial charge in [0, 0.05) is 30.2 Å². The highest BCUT2D eigenvalue weighted by Gasteiger charge is 2.26. The van der Waals surface area contributed by atoms with Crippen LogP contribution in [0.25, 0.3) is 0 Å². The first-order chi connectivity index (χ1) is 13.0. The molecule has 3 rings (SSSR count). The Morgan fingerprint density at radius 3 is 2.70 bits per heavy atom. The number of methoxy groups -OCH3 is 1. The number of rotatable bonds is 5. The summed E-state index contributed by atoms with van der Waals surface area (Å²) in [4.78, 5) is 39.0. The normalized spacial score (nSPS) is 16.9. The first-order valence-corrected chi connectivity index (χ1v) is 8.81. The number of piperidine rings is 1. The summed E-state index contributed by atoms with van der Waals surface area (Å²) in [5.74, 6) is 0.490. The van der Waals surface area contributed by atoms with E-state index in [1.807, 2.05) is 0 Å². The molecule has 0 aliphatic carbocycles. The lowest BCUT2D eigenvalue weighted by Gasteiger charge is -2.32. The van der Waals surface area contributed by atoms with Gasteiger partial charge in [-0.3, -0.25) is 14.2 Å². The summed E-state index contributed by atoms with van der Waals surface area (Å²) >= 11 is 0. The predicted octanol–water partition coefficient (Wildman–Crippen LogP) is 0.729. The maximum absolute atomic E-state index is 12.7. The van der Waals surface area contributed by atoms with Gasteiger partial charge in [0.2, 0.25) is 5.91 Å². The van der Waals surface area contributed by atoms with E-state index >= 15 is 0 Å². The smallest absolute Gasteiger partial charge is 0.278 e. The first kappa shape index (κ1) is 18.8. The van der Waals surface area contributed by atoms with Crippen LogP contribution in [0.15, 0.2) is 23.5 Å². The molecule has 144 valence electrons. The monoisotopic (exact) mass is 373 g/mol.